The maximum Gasteiger partial charge on any atom is 0.264 e. The van der Waals surface area contributed by atoms with Gasteiger partial charge in [0.05, 0.1) is 12.0 Å². The second-order valence-corrected chi connectivity index (χ2v) is 8.43. The van der Waals surface area contributed by atoms with Gasteiger partial charge in [-0.2, -0.15) is 5.10 Å². The maximum absolute atomic E-state index is 12.1. The summed E-state index contributed by atoms with van der Waals surface area (Å²) in [6.07, 6.45) is 3.20. The number of carbonyl (C=O) groups is 1. The summed E-state index contributed by atoms with van der Waals surface area (Å²) < 4.78 is 7.15. The van der Waals surface area contributed by atoms with Crippen LogP contribution in [0.4, 0.5) is 11.8 Å². The van der Waals surface area contributed by atoms with Gasteiger partial charge in [-0.15, -0.1) is 10.2 Å². The summed E-state index contributed by atoms with van der Waals surface area (Å²) in [5.74, 6) is 7.24. The zero-order chi connectivity index (χ0) is 24.5. The number of nitrogens with two attached hydrogens (primary N) is 1. The summed E-state index contributed by atoms with van der Waals surface area (Å²) in [5, 5.41) is 15.9. The Balaban J connectivity index is 1.31. The highest BCUT2D eigenvalue weighted by molar-refractivity contribution is 7.99. The second kappa shape index (κ2) is 11.9. The molecule has 0 saturated carbocycles. The molecule has 0 spiro atoms. The summed E-state index contributed by atoms with van der Waals surface area (Å²) in [4.78, 5) is 16.1. The summed E-state index contributed by atoms with van der Waals surface area (Å²) in [7, 11) is 0. The first-order valence-electron chi connectivity index (χ1n) is 10.4. The van der Waals surface area contributed by atoms with Gasteiger partial charge in [-0.1, -0.05) is 53.7 Å². The molecule has 4 aromatic rings. The third-order valence-corrected chi connectivity index (χ3v) is 5.72. The molecule has 1 amide bonds. The number of hydrogen-bond acceptors (Lipinski definition) is 9. The molecule has 0 atom stereocenters. The number of hydrogen-bond donors (Lipinski definition) is 3. The van der Waals surface area contributed by atoms with Crippen LogP contribution in [0.25, 0.3) is 0 Å². The van der Waals surface area contributed by atoms with E-state index >= 15 is 0 Å². The topological polar surface area (TPSA) is 132 Å². The van der Waals surface area contributed by atoms with Gasteiger partial charge < -0.3 is 15.9 Å². The zero-order valence-electron chi connectivity index (χ0n) is 18.3. The van der Waals surface area contributed by atoms with Crippen LogP contribution in [0.1, 0.15) is 11.1 Å². The number of anilines is 2. The Kier molecular flexibility index (Phi) is 8.15. The molecule has 2 aromatic carbocycles. The fraction of sp³-hybridized carbons (Fsp3) is 0.0870. The number of thioether (sulfide) groups is 1. The summed E-state index contributed by atoms with van der Waals surface area (Å²) >= 11 is 7.07. The van der Waals surface area contributed by atoms with Crippen LogP contribution in [0, 0.1) is 0 Å². The van der Waals surface area contributed by atoms with Gasteiger partial charge in [0.1, 0.15) is 18.2 Å². The smallest absolute Gasteiger partial charge is 0.264 e. The molecular weight excluding hydrogens is 488 g/mol. The predicted octanol–water partition coefficient (Wildman–Crippen LogP) is 3.80. The minimum Gasteiger partial charge on any atom is -0.488 e. The fourth-order valence-corrected chi connectivity index (χ4v) is 3.60. The van der Waals surface area contributed by atoms with Crippen molar-refractivity contribution in [1.82, 2.24) is 19.9 Å². The van der Waals surface area contributed by atoms with E-state index in [0.717, 1.165) is 22.9 Å². The van der Waals surface area contributed by atoms with E-state index in [1.54, 1.807) is 30.6 Å². The third kappa shape index (κ3) is 6.95. The Hall–Kier alpha value is -4.09. The van der Waals surface area contributed by atoms with E-state index in [1.165, 1.54) is 4.68 Å². The molecule has 0 aliphatic heterocycles. The number of halogens is 1. The highest BCUT2D eigenvalue weighted by atomic mass is 35.5. The number of carbonyl (C=O) groups excluding carboxylic acids is 1. The van der Waals surface area contributed by atoms with Crippen LogP contribution in [0.2, 0.25) is 5.02 Å². The largest absolute Gasteiger partial charge is 0.488 e. The minimum atomic E-state index is -0.237. The summed E-state index contributed by atoms with van der Waals surface area (Å²) in [6.45, 7) is 0.390. The third-order valence-electron chi connectivity index (χ3n) is 4.52. The zero-order valence-corrected chi connectivity index (χ0v) is 19.9. The Labute approximate surface area is 210 Å². The Morgan fingerprint density at radius 2 is 1.91 bits per heavy atom. The van der Waals surface area contributed by atoms with Gasteiger partial charge in [-0.3, -0.25) is 4.79 Å². The minimum absolute atomic E-state index is 0.0908. The van der Waals surface area contributed by atoms with Gasteiger partial charge in [0.2, 0.25) is 11.1 Å². The van der Waals surface area contributed by atoms with Crippen molar-refractivity contribution in [2.75, 3.05) is 22.3 Å². The number of para-hydroxylation sites is 1. The molecule has 2 heterocycles. The van der Waals surface area contributed by atoms with E-state index in [4.69, 9.17) is 22.2 Å². The number of benzene rings is 2. The van der Waals surface area contributed by atoms with E-state index in [1.807, 2.05) is 48.5 Å². The van der Waals surface area contributed by atoms with Crippen LogP contribution < -0.4 is 21.3 Å². The van der Waals surface area contributed by atoms with Gasteiger partial charge in [-0.05, 0) is 42.0 Å². The van der Waals surface area contributed by atoms with Gasteiger partial charge in [0, 0.05) is 16.8 Å². The van der Waals surface area contributed by atoms with Crippen molar-refractivity contribution in [1.29, 1.82) is 0 Å². The van der Waals surface area contributed by atoms with E-state index in [0.29, 0.717) is 28.4 Å². The highest BCUT2D eigenvalue weighted by Crippen LogP contribution is 2.20. The SMILES string of the molecule is Nn1c(N/N=C/c2ccccc2OCc2ccc(Cl)cc2)nnc1SCC(=O)Nc1ccccn1. The van der Waals surface area contributed by atoms with Crippen LogP contribution in [0.15, 0.2) is 83.2 Å². The molecule has 0 aliphatic rings. The number of hydrazone groups is 1. The van der Waals surface area contributed by atoms with Crippen LogP contribution in [-0.4, -0.2) is 37.7 Å². The first-order chi connectivity index (χ1) is 17.1. The van der Waals surface area contributed by atoms with Crippen LogP contribution in [0.3, 0.4) is 0 Å². The Morgan fingerprint density at radius 1 is 1.11 bits per heavy atom. The van der Waals surface area contributed by atoms with Gasteiger partial charge in [-0.25, -0.2) is 15.1 Å². The number of pyridine rings is 1. The lowest BCUT2D eigenvalue weighted by Crippen LogP contribution is -2.17. The predicted molar refractivity (Wildman–Crippen MR) is 137 cm³/mol. The normalized spacial score (nSPS) is 10.9. The van der Waals surface area contributed by atoms with Crippen molar-refractivity contribution in [2.24, 2.45) is 5.10 Å². The monoisotopic (exact) mass is 508 g/mol. The number of nitrogens with zero attached hydrogens (tertiary/aromatic N) is 5. The standard InChI is InChI=1S/C23H21ClN8O2S/c24-18-10-8-16(9-11-18)14-34-19-6-2-1-5-17(19)13-27-29-22-30-31-23(32(22)25)35-15-21(33)28-20-7-3-4-12-26-20/h1-13H,14-15,25H2,(H,29,30)(H,26,28,33)/b27-13+. The van der Waals surface area contributed by atoms with Crippen molar-refractivity contribution in [3.05, 3.63) is 89.1 Å². The molecule has 4 N–H and O–H groups in total. The lowest BCUT2D eigenvalue weighted by atomic mass is 10.2. The van der Waals surface area contributed by atoms with Crippen molar-refractivity contribution < 1.29 is 9.53 Å². The molecule has 178 valence electrons. The molecule has 0 aliphatic carbocycles. The Bertz CT molecular complexity index is 1300. The number of amides is 1. The first kappa shape index (κ1) is 24.0. The average molecular weight is 509 g/mol. The lowest BCUT2D eigenvalue weighted by molar-refractivity contribution is -0.113. The lowest BCUT2D eigenvalue weighted by Gasteiger charge is -2.09. The number of aromatic nitrogens is 4. The van der Waals surface area contributed by atoms with Crippen molar-refractivity contribution in [2.45, 2.75) is 11.8 Å². The van der Waals surface area contributed by atoms with Crippen molar-refractivity contribution in [3.63, 3.8) is 0 Å². The molecule has 4 rings (SSSR count). The molecule has 0 bridgehead atoms. The van der Waals surface area contributed by atoms with Crippen LogP contribution in [-0.2, 0) is 11.4 Å². The number of ether oxygens (including phenoxy) is 1. The quantitative estimate of drug-likeness (QED) is 0.127. The molecule has 0 fully saturated rings. The molecule has 10 nitrogen and oxygen atoms in total. The summed E-state index contributed by atoms with van der Waals surface area (Å²) in [6, 6.07) is 20.2. The fourth-order valence-electron chi connectivity index (χ4n) is 2.82. The van der Waals surface area contributed by atoms with Gasteiger partial charge in [0.25, 0.3) is 5.95 Å². The van der Waals surface area contributed by atoms with E-state index in [-0.39, 0.29) is 17.6 Å². The molecule has 2 aromatic heterocycles. The van der Waals surface area contributed by atoms with E-state index < -0.39 is 0 Å². The maximum atomic E-state index is 12.1. The number of nitrogen functional groups attached to an aromatic ring is 1. The van der Waals surface area contributed by atoms with Crippen LogP contribution in [0.5, 0.6) is 5.75 Å². The van der Waals surface area contributed by atoms with Gasteiger partial charge in [0.15, 0.2) is 0 Å². The molecular formula is C23H21ClN8O2S. The van der Waals surface area contributed by atoms with Gasteiger partial charge >= 0.3 is 0 Å². The molecule has 0 unspecified atom stereocenters. The average Bonchev–Trinajstić information content (AvgIpc) is 3.23. The second-order valence-electron chi connectivity index (χ2n) is 7.05. The van der Waals surface area contributed by atoms with Crippen molar-refractivity contribution >= 4 is 47.3 Å². The molecule has 35 heavy (non-hydrogen) atoms. The number of rotatable bonds is 10. The summed E-state index contributed by atoms with van der Waals surface area (Å²) in [5.41, 5.74) is 4.51. The number of nitrogens with one attached hydrogen (secondary N) is 2. The van der Waals surface area contributed by atoms with Crippen molar-refractivity contribution in [3.8, 4) is 5.75 Å². The van der Waals surface area contributed by atoms with Crippen LogP contribution >= 0.6 is 23.4 Å². The molecule has 0 radical (unpaired) electrons. The highest BCUT2D eigenvalue weighted by Gasteiger charge is 2.12. The Morgan fingerprint density at radius 3 is 2.71 bits per heavy atom. The molecule has 0 saturated heterocycles. The van der Waals surface area contributed by atoms with E-state index in [2.05, 4.69) is 31.0 Å². The van der Waals surface area contributed by atoms with E-state index in [9.17, 15) is 4.79 Å². The first-order valence-corrected chi connectivity index (χ1v) is 11.7. The molecule has 12 heteroatoms.